The molecule has 0 rings (SSSR count). The number of aliphatic carboxylic acids is 2. The van der Waals surface area contributed by atoms with Gasteiger partial charge in [0.15, 0.2) is 0 Å². The van der Waals surface area contributed by atoms with Gasteiger partial charge in [0, 0.05) is 6.42 Å². The summed E-state index contributed by atoms with van der Waals surface area (Å²) in [4.78, 5) is 56.9. The zero-order valence-corrected chi connectivity index (χ0v) is 14.7. The molecule has 11 heteroatoms. The van der Waals surface area contributed by atoms with E-state index in [1.807, 2.05) is 0 Å². The minimum atomic E-state index is -1.63. The van der Waals surface area contributed by atoms with Crippen LogP contribution < -0.4 is 22.1 Å². The van der Waals surface area contributed by atoms with Crippen LogP contribution in [0.1, 0.15) is 39.5 Å². The van der Waals surface area contributed by atoms with Gasteiger partial charge in [0.05, 0.1) is 12.5 Å². The Morgan fingerprint density at radius 1 is 0.962 bits per heavy atom. The van der Waals surface area contributed by atoms with Crippen LogP contribution in [0.25, 0.3) is 0 Å². The number of carbonyl (C=O) groups excluding carboxylic acids is 3. The largest absolute Gasteiger partial charge is 0.481 e. The molecule has 148 valence electrons. The van der Waals surface area contributed by atoms with Crippen LogP contribution in [0, 0.1) is 5.92 Å². The number of primary amides is 1. The van der Waals surface area contributed by atoms with Gasteiger partial charge in [0.25, 0.3) is 0 Å². The lowest BCUT2D eigenvalue weighted by molar-refractivity contribution is -0.147. The molecule has 0 aromatic carbocycles. The molecule has 0 aromatic rings. The van der Waals surface area contributed by atoms with E-state index in [2.05, 4.69) is 10.6 Å². The molecule has 3 amide bonds. The normalized spacial score (nSPS) is 14.2. The molecule has 11 nitrogen and oxygen atoms in total. The molecular weight excluding hydrogens is 348 g/mol. The minimum Gasteiger partial charge on any atom is -0.481 e. The summed E-state index contributed by atoms with van der Waals surface area (Å²) in [6, 6.07) is -3.80. The molecule has 0 saturated carbocycles. The molecule has 3 unspecified atom stereocenters. The maximum Gasteiger partial charge on any atom is 0.326 e. The van der Waals surface area contributed by atoms with Crippen molar-refractivity contribution in [3.63, 3.8) is 0 Å². The van der Waals surface area contributed by atoms with Gasteiger partial charge < -0.3 is 32.3 Å². The highest BCUT2D eigenvalue weighted by atomic mass is 16.4. The number of rotatable bonds is 12. The molecule has 0 aromatic heterocycles. The van der Waals surface area contributed by atoms with E-state index in [0.29, 0.717) is 0 Å². The van der Waals surface area contributed by atoms with E-state index in [9.17, 15) is 24.0 Å². The van der Waals surface area contributed by atoms with E-state index in [1.165, 1.54) is 0 Å². The Bertz CT molecular complexity index is 550. The zero-order valence-electron chi connectivity index (χ0n) is 14.7. The quantitative estimate of drug-likeness (QED) is 0.228. The molecule has 0 spiro atoms. The van der Waals surface area contributed by atoms with Crippen LogP contribution in [0.3, 0.4) is 0 Å². The zero-order chi connectivity index (χ0) is 20.4. The summed E-state index contributed by atoms with van der Waals surface area (Å²) < 4.78 is 0. The minimum absolute atomic E-state index is 0.00600. The lowest BCUT2D eigenvalue weighted by Gasteiger charge is -2.23. The van der Waals surface area contributed by atoms with Crippen LogP contribution >= 0.6 is 0 Å². The lowest BCUT2D eigenvalue weighted by Crippen LogP contribution is -2.55. The fraction of sp³-hybridized carbons (Fsp3) is 0.667. The third-order valence-electron chi connectivity index (χ3n) is 3.37. The van der Waals surface area contributed by atoms with Crippen LogP contribution in [-0.2, 0) is 24.0 Å². The highest BCUT2D eigenvalue weighted by molar-refractivity contribution is 5.92. The molecule has 0 fully saturated rings. The van der Waals surface area contributed by atoms with Crippen molar-refractivity contribution < 1.29 is 34.2 Å². The van der Waals surface area contributed by atoms with Crippen LogP contribution in [0.15, 0.2) is 0 Å². The van der Waals surface area contributed by atoms with Crippen LogP contribution in [0.5, 0.6) is 0 Å². The number of amides is 3. The summed E-state index contributed by atoms with van der Waals surface area (Å²) in [5.41, 5.74) is 10.6. The summed E-state index contributed by atoms with van der Waals surface area (Å²) in [5, 5.41) is 22.2. The number of hydrogen-bond donors (Lipinski definition) is 6. The maximum absolute atomic E-state index is 12.3. The number of nitrogens with two attached hydrogens (primary N) is 2. The Labute approximate surface area is 150 Å². The predicted molar refractivity (Wildman–Crippen MR) is 89.6 cm³/mol. The predicted octanol–water partition coefficient (Wildman–Crippen LogP) is -1.85. The first-order chi connectivity index (χ1) is 11.9. The second kappa shape index (κ2) is 11.0. The van der Waals surface area contributed by atoms with Gasteiger partial charge in [-0.15, -0.1) is 0 Å². The number of nitrogens with one attached hydrogen (secondary N) is 2. The van der Waals surface area contributed by atoms with Gasteiger partial charge in [-0.25, -0.2) is 4.79 Å². The summed E-state index contributed by atoms with van der Waals surface area (Å²) in [5.74, 6) is -5.08. The van der Waals surface area contributed by atoms with Crippen molar-refractivity contribution in [2.75, 3.05) is 0 Å². The van der Waals surface area contributed by atoms with Crippen molar-refractivity contribution in [2.45, 2.75) is 57.7 Å². The number of carboxylic acids is 2. The molecule has 0 bridgehead atoms. The Morgan fingerprint density at radius 3 is 1.92 bits per heavy atom. The van der Waals surface area contributed by atoms with Crippen LogP contribution in [-0.4, -0.2) is 58.0 Å². The van der Waals surface area contributed by atoms with E-state index < -0.39 is 54.2 Å². The van der Waals surface area contributed by atoms with Crippen molar-refractivity contribution in [2.24, 2.45) is 17.4 Å². The Hall–Kier alpha value is -2.69. The van der Waals surface area contributed by atoms with Gasteiger partial charge in [0.2, 0.25) is 17.7 Å². The second-order valence-corrected chi connectivity index (χ2v) is 6.30. The first-order valence-corrected chi connectivity index (χ1v) is 8.03. The second-order valence-electron chi connectivity index (χ2n) is 6.30. The van der Waals surface area contributed by atoms with Gasteiger partial charge in [-0.05, 0) is 18.8 Å². The van der Waals surface area contributed by atoms with Gasteiger partial charge in [-0.2, -0.15) is 0 Å². The molecule has 0 aliphatic heterocycles. The van der Waals surface area contributed by atoms with E-state index in [-0.39, 0.29) is 25.2 Å². The topological polar surface area (TPSA) is 202 Å². The molecule has 8 N–H and O–H groups in total. The molecular formula is C15H26N4O7. The summed E-state index contributed by atoms with van der Waals surface area (Å²) in [7, 11) is 0. The Kier molecular flexibility index (Phi) is 9.89. The van der Waals surface area contributed by atoms with Crippen molar-refractivity contribution in [3.05, 3.63) is 0 Å². The third-order valence-corrected chi connectivity index (χ3v) is 3.37. The Morgan fingerprint density at radius 2 is 1.50 bits per heavy atom. The number of hydrogen-bond acceptors (Lipinski definition) is 6. The molecule has 0 radical (unpaired) electrons. The van der Waals surface area contributed by atoms with Gasteiger partial charge in [-0.1, -0.05) is 13.8 Å². The first-order valence-electron chi connectivity index (χ1n) is 8.03. The summed E-state index contributed by atoms with van der Waals surface area (Å²) >= 11 is 0. The highest BCUT2D eigenvalue weighted by Gasteiger charge is 2.29. The van der Waals surface area contributed by atoms with Crippen LogP contribution in [0.4, 0.5) is 0 Å². The standard InChI is InChI=1S/C15H26N4O7/c1-7(2)5-9(18-13(23)8(16)3-4-11(17)20)14(24)19-10(15(25)26)6-12(21)22/h7-10H,3-6,16H2,1-2H3,(H2,17,20)(H,18,23)(H,19,24)(H,21,22)(H,25,26). The van der Waals surface area contributed by atoms with Gasteiger partial charge >= 0.3 is 11.9 Å². The van der Waals surface area contributed by atoms with E-state index >= 15 is 0 Å². The molecule has 3 atom stereocenters. The average Bonchev–Trinajstić information content (AvgIpc) is 2.49. The van der Waals surface area contributed by atoms with Crippen molar-refractivity contribution in [3.8, 4) is 0 Å². The van der Waals surface area contributed by atoms with Gasteiger partial charge in [-0.3, -0.25) is 19.2 Å². The molecule has 0 heterocycles. The molecule has 0 saturated heterocycles. The van der Waals surface area contributed by atoms with Gasteiger partial charge in [0.1, 0.15) is 12.1 Å². The number of carboxylic acid groups (broad SMARTS) is 2. The Balaban J connectivity index is 5.02. The van der Waals surface area contributed by atoms with Crippen molar-refractivity contribution in [1.82, 2.24) is 10.6 Å². The fourth-order valence-electron chi connectivity index (χ4n) is 2.06. The monoisotopic (exact) mass is 374 g/mol. The SMILES string of the molecule is CC(C)CC(NC(=O)C(N)CCC(N)=O)C(=O)NC(CC(=O)O)C(=O)O. The number of carbonyl (C=O) groups is 5. The van der Waals surface area contributed by atoms with E-state index in [1.54, 1.807) is 13.8 Å². The third kappa shape index (κ3) is 9.57. The smallest absolute Gasteiger partial charge is 0.326 e. The fourth-order valence-corrected chi connectivity index (χ4v) is 2.06. The summed E-state index contributed by atoms with van der Waals surface area (Å²) in [6.45, 7) is 3.57. The van der Waals surface area contributed by atoms with E-state index in [0.717, 1.165) is 0 Å². The summed E-state index contributed by atoms with van der Waals surface area (Å²) in [6.07, 6.45) is -0.732. The van der Waals surface area contributed by atoms with Crippen molar-refractivity contribution in [1.29, 1.82) is 0 Å². The maximum atomic E-state index is 12.3. The molecule has 0 aliphatic rings. The van der Waals surface area contributed by atoms with Crippen LogP contribution in [0.2, 0.25) is 0 Å². The highest BCUT2D eigenvalue weighted by Crippen LogP contribution is 2.07. The lowest BCUT2D eigenvalue weighted by atomic mass is 10.0. The van der Waals surface area contributed by atoms with Crippen molar-refractivity contribution >= 4 is 29.7 Å². The average molecular weight is 374 g/mol. The first kappa shape index (κ1) is 23.3. The molecule has 26 heavy (non-hydrogen) atoms. The van der Waals surface area contributed by atoms with E-state index in [4.69, 9.17) is 21.7 Å². The molecule has 0 aliphatic carbocycles.